The van der Waals surface area contributed by atoms with Gasteiger partial charge in [-0.2, -0.15) is 0 Å². The number of aliphatic carboxylic acids is 1. The minimum atomic E-state index is -0.725. The number of nitrogens with two attached hydrogens (primary N) is 1. The largest absolute Gasteiger partial charge is 0.481 e. The van der Waals surface area contributed by atoms with Gasteiger partial charge in [0.05, 0.1) is 5.92 Å². The molecule has 0 saturated heterocycles. The van der Waals surface area contributed by atoms with Crippen molar-refractivity contribution >= 4 is 5.97 Å². The van der Waals surface area contributed by atoms with Gasteiger partial charge >= 0.3 is 5.97 Å². The summed E-state index contributed by atoms with van der Waals surface area (Å²) >= 11 is 0. The van der Waals surface area contributed by atoms with E-state index >= 15 is 0 Å². The van der Waals surface area contributed by atoms with Gasteiger partial charge in [-0.15, -0.1) is 0 Å². The molecule has 0 radical (unpaired) electrons. The van der Waals surface area contributed by atoms with Crippen molar-refractivity contribution in [2.24, 2.45) is 23.0 Å². The molecule has 0 amide bonds. The Bertz CT molecular complexity index is 203. The molecule has 1 aliphatic carbocycles. The molecule has 14 heavy (non-hydrogen) atoms. The molecule has 3 nitrogen and oxygen atoms in total. The van der Waals surface area contributed by atoms with E-state index in [1.165, 1.54) is 0 Å². The molecule has 0 spiro atoms. The van der Waals surface area contributed by atoms with Crippen molar-refractivity contribution in [2.45, 2.75) is 39.5 Å². The zero-order chi connectivity index (χ0) is 10.8. The number of carboxylic acid groups (broad SMARTS) is 1. The zero-order valence-corrected chi connectivity index (χ0v) is 9.12. The first kappa shape index (κ1) is 11.5. The van der Waals surface area contributed by atoms with E-state index in [-0.39, 0.29) is 12.5 Å². The van der Waals surface area contributed by atoms with Gasteiger partial charge in [0.25, 0.3) is 0 Å². The molecule has 1 aliphatic rings. The second-order valence-corrected chi connectivity index (χ2v) is 5.18. The summed E-state index contributed by atoms with van der Waals surface area (Å²) < 4.78 is 0. The lowest BCUT2D eigenvalue weighted by Gasteiger charge is -2.36. The van der Waals surface area contributed by atoms with Crippen LogP contribution in [0.5, 0.6) is 0 Å². The highest BCUT2D eigenvalue weighted by Crippen LogP contribution is 2.40. The number of hydrogen-bond acceptors (Lipinski definition) is 2. The molecule has 0 heterocycles. The van der Waals surface area contributed by atoms with E-state index in [1.807, 2.05) is 0 Å². The molecule has 1 fully saturated rings. The quantitative estimate of drug-likeness (QED) is 0.729. The first-order valence-corrected chi connectivity index (χ1v) is 5.39. The fourth-order valence-electron chi connectivity index (χ4n) is 2.32. The number of carboxylic acids is 1. The number of rotatable bonds is 3. The maximum Gasteiger partial charge on any atom is 0.308 e. The lowest BCUT2D eigenvalue weighted by atomic mass is 9.69. The topological polar surface area (TPSA) is 63.3 Å². The number of hydrogen-bond donors (Lipinski definition) is 2. The average molecular weight is 199 g/mol. The van der Waals surface area contributed by atoms with E-state index in [2.05, 4.69) is 13.8 Å². The van der Waals surface area contributed by atoms with Gasteiger partial charge in [0.1, 0.15) is 0 Å². The van der Waals surface area contributed by atoms with Gasteiger partial charge in [-0.05, 0) is 37.0 Å². The zero-order valence-electron chi connectivity index (χ0n) is 9.12. The van der Waals surface area contributed by atoms with E-state index in [4.69, 9.17) is 10.8 Å². The minimum absolute atomic E-state index is 0.278. The Morgan fingerprint density at radius 2 is 2.00 bits per heavy atom. The smallest absolute Gasteiger partial charge is 0.308 e. The van der Waals surface area contributed by atoms with E-state index in [1.54, 1.807) is 0 Å². The van der Waals surface area contributed by atoms with E-state index < -0.39 is 5.97 Å². The molecule has 0 aliphatic heterocycles. The summed E-state index contributed by atoms with van der Waals surface area (Å²) in [5.41, 5.74) is 5.89. The highest BCUT2D eigenvalue weighted by molar-refractivity contribution is 5.70. The van der Waals surface area contributed by atoms with Crippen molar-refractivity contribution in [2.75, 3.05) is 6.54 Å². The van der Waals surface area contributed by atoms with E-state index in [9.17, 15) is 4.79 Å². The number of carbonyl (C=O) groups is 1. The molecule has 82 valence electrons. The van der Waals surface area contributed by atoms with Crippen LogP contribution in [0.1, 0.15) is 39.5 Å². The molecular formula is C11H21NO2. The van der Waals surface area contributed by atoms with Crippen molar-refractivity contribution in [3.05, 3.63) is 0 Å². The third-order valence-corrected chi connectivity index (χ3v) is 3.52. The molecule has 1 unspecified atom stereocenters. The third-order valence-electron chi connectivity index (χ3n) is 3.52. The Morgan fingerprint density at radius 1 is 1.50 bits per heavy atom. The van der Waals surface area contributed by atoms with Crippen molar-refractivity contribution in [3.63, 3.8) is 0 Å². The van der Waals surface area contributed by atoms with Crippen LogP contribution in [0.3, 0.4) is 0 Å². The van der Waals surface area contributed by atoms with Gasteiger partial charge in [0.15, 0.2) is 0 Å². The van der Waals surface area contributed by atoms with Gasteiger partial charge < -0.3 is 10.8 Å². The standard InChI is InChI=1S/C11H21NO2/c1-11(2)5-3-8(4-6-11)9(7-12)10(13)14/h8-9H,3-7,12H2,1-2H3,(H,13,14). The van der Waals surface area contributed by atoms with Crippen LogP contribution in [0.15, 0.2) is 0 Å². The molecular weight excluding hydrogens is 178 g/mol. The normalized spacial score (nSPS) is 24.5. The molecule has 1 saturated carbocycles. The maximum absolute atomic E-state index is 10.9. The van der Waals surface area contributed by atoms with Gasteiger partial charge in [-0.25, -0.2) is 0 Å². The van der Waals surface area contributed by atoms with Crippen LogP contribution in [0.4, 0.5) is 0 Å². The summed E-state index contributed by atoms with van der Waals surface area (Å²) in [7, 11) is 0. The van der Waals surface area contributed by atoms with Crippen LogP contribution >= 0.6 is 0 Å². The van der Waals surface area contributed by atoms with Crippen LogP contribution < -0.4 is 5.73 Å². The Labute approximate surface area is 85.7 Å². The van der Waals surface area contributed by atoms with Crippen molar-refractivity contribution in [1.82, 2.24) is 0 Å². The summed E-state index contributed by atoms with van der Waals surface area (Å²) in [6, 6.07) is 0. The van der Waals surface area contributed by atoms with E-state index in [0.29, 0.717) is 11.3 Å². The highest BCUT2D eigenvalue weighted by Gasteiger charge is 2.33. The molecule has 3 N–H and O–H groups in total. The van der Waals surface area contributed by atoms with Gasteiger partial charge in [-0.1, -0.05) is 13.8 Å². The molecule has 1 rings (SSSR count). The summed E-state index contributed by atoms with van der Waals surface area (Å²) in [5, 5.41) is 8.98. The minimum Gasteiger partial charge on any atom is -0.481 e. The summed E-state index contributed by atoms with van der Waals surface area (Å²) in [6.07, 6.45) is 4.28. The Morgan fingerprint density at radius 3 is 2.36 bits per heavy atom. The summed E-state index contributed by atoms with van der Waals surface area (Å²) in [6.45, 7) is 4.78. The average Bonchev–Trinajstić information content (AvgIpc) is 2.08. The van der Waals surface area contributed by atoms with Crippen LogP contribution in [0.25, 0.3) is 0 Å². The second kappa shape index (κ2) is 4.30. The van der Waals surface area contributed by atoms with Crippen molar-refractivity contribution in [3.8, 4) is 0 Å². The molecule has 0 aromatic carbocycles. The molecule has 1 atom stereocenters. The fourth-order valence-corrected chi connectivity index (χ4v) is 2.32. The fraction of sp³-hybridized carbons (Fsp3) is 0.909. The van der Waals surface area contributed by atoms with Crippen LogP contribution in [0, 0.1) is 17.3 Å². The molecule has 3 heteroatoms. The maximum atomic E-state index is 10.9. The Kier molecular flexibility index (Phi) is 3.53. The van der Waals surface area contributed by atoms with E-state index in [0.717, 1.165) is 25.7 Å². The predicted octanol–water partition coefficient (Wildman–Crippen LogP) is 1.86. The lowest BCUT2D eigenvalue weighted by Crippen LogP contribution is -2.34. The van der Waals surface area contributed by atoms with Gasteiger partial charge in [-0.3, -0.25) is 4.79 Å². The van der Waals surface area contributed by atoms with Crippen molar-refractivity contribution in [1.29, 1.82) is 0 Å². The van der Waals surface area contributed by atoms with Crippen LogP contribution in [0.2, 0.25) is 0 Å². The van der Waals surface area contributed by atoms with Crippen LogP contribution in [-0.4, -0.2) is 17.6 Å². The van der Waals surface area contributed by atoms with Gasteiger partial charge in [0, 0.05) is 6.54 Å². The Hall–Kier alpha value is -0.570. The Balaban J connectivity index is 2.51. The van der Waals surface area contributed by atoms with Gasteiger partial charge in [0.2, 0.25) is 0 Å². The highest BCUT2D eigenvalue weighted by atomic mass is 16.4. The first-order valence-electron chi connectivity index (χ1n) is 5.39. The molecule has 0 aromatic heterocycles. The van der Waals surface area contributed by atoms with Crippen LogP contribution in [-0.2, 0) is 4.79 Å². The molecule has 0 bridgehead atoms. The predicted molar refractivity (Wildman–Crippen MR) is 55.9 cm³/mol. The first-order chi connectivity index (χ1) is 6.46. The lowest BCUT2D eigenvalue weighted by molar-refractivity contribution is -0.144. The third kappa shape index (κ3) is 2.71. The second-order valence-electron chi connectivity index (χ2n) is 5.18. The SMILES string of the molecule is CC1(C)CCC(C(CN)C(=O)O)CC1. The monoisotopic (exact) mass is 199 g/mol. The summed E-state index contributed by atoms with van der Waals surface area (Å²) in [5.74, 6) is -0.756. The summed E-state index contributed by atoms with van der Waals surface area (Å²) in [4.78, 5) is 10.9. The molecule has 0 aromatic rings. The van der Waals surface area contributed by atoms with Crippen molar-refractivity contribution < 1.29 is 9.90 Å².